The van der Waals surface area contributed by atoms with E-state index in [0.717, 1.165) is 12.1 Å². The van der Waals surface area contributed by atoms with Crippen LogP contribution in [0.4, 0.5) is 18.9 Å². The predicted molar refractivity (Wildman–Crippen MR) is 91.2 cm³/mol. The molecule has 1 amide bonds. The molecule has 138 valence electrons. The topological polar surface area (TPSA) is 55.4 Å². The van der Waals surface area contributed by atoms with E-state index in [4.69, 9.17) is 4.74 Å². The predicted octanol–water partition coefficient (Wildman–Crippen LogP) is 4.71. The molecule has 1 N–H and O–H groups in total. The largest absolute Gasteiger partial charge is 0.494 e. The first-order valence-electron chi connectivity index (χ1n) is 8.02. The minimum Gasteiger partial charge on any atom is -0.494 e. The second kappa shape index (κ2) is 8.51. The summed E-state index contributed by atoms with van der Waals surface area (Å²) in [5.41, 5.74) is -0.0755. The molecule has 2 aromatic rings. The molecule has 0 aliphatic rings. The fourth-order valence-electron chi connectivity index (χ4n) is 2.24. The van der Waals surface area contributed by atoms with Crippen LogP contribution in [0.25, 0.3) is 0 Å². The van der Waals surface area contributed by atoms with Gasteiger partial charge in [-0.2, -0.15) is 13.2 Å². The first kappa shape index (κ1) is 19.5. The quantitative estimate of drug-likeness (QED) is 0.723. The molecule has 0 radical (unpaired) electrons. The number of ketones is 1. The van der Waals surface area contributed by atoms with E-state index in [2.05, 4.69) is 5.32 Å². The van der Waals surface area contributed by atoms with E-state index in [9.17, 15) is 22.8 Å². The van der Waals surface area contributed by atoms with Gasteiger partial charge in [0, 0.05) is 24.1 Å². The SMILES string of the molecule is CCOc1ccc(C(=O)CCC(=O)Nc2ccc(C(F)(F)F)cc2)cc1. The van der Waals surface area contributed by atoms with Gasteiger partial charge in [-0.1, -0.05) is 0 Å². The molecular weight excluding hydrogens is 347 g/mol. The van der Waals surface area contributed by atoms with E-state index in [1.807, 2.05) is 6.92 Å². The van der Waals surface area contributed by atoms with Crippen molar-refractivity contribution in [2.45, 2.75) is 25.9 Å². The van der Waals surface area contributed by atoms with E-state index in [1.165, 1.54) is 12.1 Å². The number of Topliss-reactive ketones (excluding diaryl/α,β-unsaturated/α-hetero) is 1. The standard InChI is InChI=1S/C19H18F3NO3/c1-2-26-16-9-3-13(4-10-16)17(24)11-12-18(25)23-15-7-5-14(6-8-15)19(20,21)22/h3-10H,2,11-12H2,1H3,(H,23,25). The summed E-state index contributed by atoms with van der Waals surface area (Å²) in [7, 11) is 0. The summed E-state index contributed by atoms with van der Waals surface area (Å²) in [6, 6.07) is 10.7. The third kappa shape index (κ3) is 5.61. The third-order valence-corrected chi connectivity index (χ3v) is 3.56. The number of halogens is 3. The summed E-state index contributed by atoms with van der Waals surface area (Å²) >= 11 is 0. The molecular formula is C19H18F3NO3. The fourth-order valence-corrected chi connectivity index (χ4v) is 2.24. The number of hydrogen-bond donors (Lipinski definition) is 1. The molecule has 2 aromatic carbocycles. The van der Waals surface area contributed by atoms with Crippen LogP contribution in [0, 0.1) is 0 Å². The first-order chi connectivity index (χ1) is 12.3. The average Bonchev–Trinajstić information content (AvgIpc) is 2.60. The summed E-state index contributed by atoms with van der Waals surface area (Å²) in [4.78, 5) is 23.9. The average molecular weight is 365 g/mol. The maximum atomic E-state index is 12.5. The van der Waals surface area contributed by atoms with Crippen molar-refractivity contribution >= 4 is 17.4 Å². The highest BCUT2D eigenvalue weighted by Gasteiger charge is 2.29. The lowest BCUT2D eigenvalue weighted by molar-refractivity contribution is -0.137. The molecule has 0 spiro atoms. The zero-order valence-corrected chi connectivity index (χ0v) is 14.1. The number of hydrogen-bond acceptors (Lipinski definition) is 3. The number of amides is 1. The molecule has 0 bridgehead atoms. The van der Waals surface area contributed by atoms with E-state index in [-0.39, 0.29) is 24.3 Å². The van der Waals surface area contributed by atoms with Gasteiger partial charge in [0.2, 0.25) is 5.91 Å². The molecule has 0 saturated carbocycles. The highest BCUT2D eigenvalue weighted by Crippen LogP contribution is 2.29. The van der Waals surface area contributed by atoms with Gasteiger partial charge >= 0.3 is 6.18 Å². The van der Waals surface area contributed by atoms with Crippen molar-refractivity contribution in [3.63, 3.8) is 0 Å². The second-order valence-electron chi connectivity index (χ2n) is 5.50. The minimum absolute atomic E-state index is 0.000446. The Hall–Kier alpha value is -2.83. The molecule has 7 heteroatoms. The lowest BCUT2D eigenvalue weighted by atomic mass is 10.1. The van der Waals surface area contributed by atoms with E-state index in [1.54, 1.807) is 24.3 Å². The Morgan fingerprint density at radius 3 is 2.12 bits per heavy atom. The van der Waals surface area contributed by atoms with E-state index in [0.29, 0.717) is 17.9 Å². The lowest BCUT2D eigenvalue weighted by Gasteiger charge is -2.09. The van der Waals surface area contributed by atoms with Crippen molar-refractivity contribution in [2.24, 2.45) is 0 Å². The molecule has 4 nitrogen and oxygen atoms in total. The van der Waals surface area contributed by atoms with Crippen molar-refractivity contribution in [2.75, 3.05) is 11.9 Å². The summed E-state index contributed by atoms with van der Waals surface area (Å²) in [6.07, 6.45) is -4.49. The number of alkyl halides is 3. The number of anilines is 1. The fraction of sp³-hybridized carbons (Fsp3) is 0.263. The smallest absolute Gasteiger partial charge is 0.416 e. The highest BCUT2D eigenvalue weighted by atomic mass is 19.4. The van der Waals surface area contributed by atoms with Crippen LogP contribution in [-0.2, 0) is 11.0 Å². The molecule has 0 atom stereocenters. The van der Waals surface area contributed by atoms with Crippen LogP contribution < -0.4 is 10.1 Å². The van der Waals surface area contributed by atoms with Gasteiger partial charge in [-0.05, 0) is 55.5 Å². The summed E-state index contributed by atoms with van der Waals surface area (Å²) < 4.78 is 42.8. The number of rotatable bonds is 7. The zero-order valence-electron chi connectivity index (χ0n) is 14.1. The van der Waals surface area contributed by atoms with E-state index < -0.39 is 17.6 Å². The molecule has 0 unspecified atom stereocenters. The van der Waals surface area contributed by atoms with Crippen LogP contribution in [-0.4, -0.2) is 18.3 Å². The molecule has 0 saturated heterocycles. The van der Waals surface area contributed by atoms with Crippen LogP contribution in [0.15, 0.2) is 48.5 Å². The van der Waals surface area contributed by atoms with Gasteiger partial charge in [0.1, 0.15) is 5.75 Å². The number of nitrogens with one attached hydrogen (secondary N) is 1. The number of benzene rings is 2. The molecule has 0 heterocycles. The molecule has 0 aliphatic heterocycles. The van der Waals surface area contributed by atoms with Crippen molar-refractivity contribution < 1.29 is 27.5 Å². The van der Waals surface area contributed by atoms with E-state index >= 15 is 0 Å². The van der Waals surface area contributed by atoms with Gasteiger partial charge in [-0.15, -0.1) is 0 Å². The minimum atomic E-state index is -4.42. The molecule has 0 fully saturated rings. The third-order valence-electron chi connectivity index (χ3n) is 3.56. The summed E-state index contributed by atoms with van der Waals surface area (Å²) in [5.74, 6) is 0.0174. The van der Waals surface area contributed by atoms with Crippen molar-refractivity contribution in [1.82, 2.24) is 0 Å². The molecule has 26 heavy (non-hydrogen) atoms. The second-order valence-corrected chi connectivity index (χ2v) is 5.50. The lowest BCUT2D eigenvalue weighted by Crippen LogP contribution is -2.14. The maximum absolute atomic E-state index is 12.5. The Morgan fingerprint density at radius 2 is 1.58 bits per heavy atom. The number of carbonyl (C=O) groups is 2. The Morgan fingerprint density at radius 1 is 0.962 bits per heavy atom. The summed E-state index contributed by atoms with van der Waals surface area (Å²) in [6.45, 7) is 2.38. The maximum Gasteiger partial charge on any atom is 0.416 e. The van der Waals surface area contributed by atoms with Gasteiger partial charge in [-0.25, -0.2) is 0 Å². The zero-order chi connectivity index (χ0) is 19.2. The Balaban J connectivity index is 1.85. The number of carbonyl (C=O) groups excluding carboxylic acids is 2. The van der Waals surface area contributed by atoms with Crippen LogP contribution in [0.1, 0.15) is 35.7 Å². The molecule has 0 aromatic heterocycles. The van der Waals surface area contributed by atoms with Crippen molar-refractivity contribution in [1.29, 1.82) is 0 Å². The number of ether oxygens (including phenoxy) is 1. The molecule has 2 rings (SSSR count). The Bertz CT molecular complexity index is 753. The van der Waals surface area contributed by atoms with Crippen LogP contribution in [0.5, 0.6) is 5.75 Å². The van der Waals surface area contributed by atoms with Crippen LogP contribution in [0.2, 0.25) is 0 Å². The van der Waals surface area contributed by atoms with Crippen molar-refractivity contribution in [3.05, 3.63) is 59.7 Å². The first-order valence-corrected chi connectivity index (χ1v) is 8.02. The van der Waals surface area contributed by atoms with Crippen molar-refractivity contribution in [3.8, 4) is 5.75 Å². The Kier molecular flexibility index (Phi) is 6.38. The van der Waals surface area contributed by atoms with Gasteiger partial charge in [0.15, 0.2) is 5.78 Å². The van der Waals surface area contributed by atoms with Gasteiger partial charge < -0.3 is 10.1 Å². The van der Waals surface area contributed by atoms with Crippen LogP contribution in [0.3, 0.4) is 0 Å². The Labute approximate surface area is 149 Å². The van der Waals surface area contributed by atoms with Gasteiger partial charge in [0.25, 0.3) is 0 Å². The summed E-state index contributed by atoms with van der Waals surface area (Å²) in [5, 5.41) is 2.47. The normalized spacial score (nSPS) is 11.1. The van der Waals surface area contributed by atoms with Gasteiger partial charge in [-0.3, -0.25) is 9.59 Å². The monoisotopic (exact) mass is 365 g/mol. The van der Waals surface area contributed by atoms with Gasteiger partial charge in [0.05, 0.1) is 12.2 Å². The van der Waals surface area contributed by atoms with Crippen LogP contribution >= 0.6 is 0 Å². The molecule has 0 aliphatic carbocycles. The highest BCUT2D eigenvalue weighted by molar-refractivity contribution is 6.00.